The number of aliphatic hydroxyl groups excluding tert-OH is 13. The van der Waals surface area contributed by atoms with Crippen molar-refractivity contribution in [3.05, 3.63) is 0 Å². The Morgan fingerprint density at radius 1 is 0.398 bits per heavy atom. The third-order valence-electron chi connectivity index (χ3n) is 18.2. The Morgan fingerprint density at radius 2 is 0.727 bits per heavy atom. The molecule has 34 unspecified atom stereocenters. The molecule has 0 saturated carbocycles. The van der Waals surface area contributed by atoms with Crippen molar-refractivity contribution in [3.8, 4) is 0 Å². The van der Waals surface area contributed by atoms with E-state index in [1.807, 2.05) is 6.92 Å². The Labute approximate surface area is 519 Å². The van der Waals surface area contributed by atoms with Gasteiger partial charge >= 0.3 is 0 Å². The van der Waals surface area contributed by atoms with E-state index in [1.165, 1.54) is 0 Å². The predicted molar refractivity (Wildman–Crippen MR) is 306 cm³/mol. The first-order valence-electron chi connectivity index (χ1n) is 32.1. The van der Waals surface area contributed by atoms with Crippen molar-refractivity contribution in [3.63, 3.8) is 0 Å². The summed E-state index contributed by atoms with van der Waals surface area (Å²) in [5.41, 5.74) is 0. The van der Waals surface area contributed by atoms with E-state index in [4.69, 9.17) is 66.3 Å². The number of hydrogen-bond acceptors (Lipinski definition) is 29. The maximum absolute atomic E-state index is 12.4. The first-order chi connectivity index (χ1) is 42.1. The van der Waals surface area contributed by atoms with Crippen LogP contribution in [0.5, 0.6) is 0 Å². The van der Waals surface area contributed by atoms with Gasteiger partial charge in [0.1, 0.15) is 122 Å². The number of aliphatic hydroxyl groups is 13. The molecule has 13 saturated heterocycles. The lowest BCUT2D eigenvalue weighted by Gasteiger charge is -2.50. The number of carbonyl (C=O) groups is 1. The van der Waals surface area contributed by atoms with Gasteiger partial charge in [0, 0.05) is 19.4 Å². The van der Waals surface area contributed by atoms with E-state index < -0.39 is 203 Å². The molecule has 13 heterocycles. The van der Waals surface area contributed by atoms with Crippen molar-refractivity contribution < 1.29 is 137 Å². The molecule has 29 heteroatoms. The Hall–Kier alpha value is -1.06. The molecular formula is C59H104O28S. The van der Waals surface area contributed by atoms with Gasteiger partial charge < -0.3 is 137 Å². The fourth-order valence-corrected chi connectivity index (χ4v) is 13.5. The summed E-state index contributed by atoms with van der Waals surface area (Å²) in [5, 5.41) is 153. The van der Waals surface area contributed by atoms with E-state index in [2.05, 4.69) is 0 Å². The molecule has 0 aromatic rings. The standard InChI is InChI=1S/C59H104O28S/c1-9-26(8)34-25-27(61)53(73)82-46-28(10-2)76-58(41(68)35(46)62)86-51-33(15-7)80-59(52(45(51)72)74-22-20-24-88-23-19-17-16-18-21-60)87-50-32(14-6)79-57(44(71)39(50)66)85-49-31(13-5)78-56(43(70)38(49)65)84-48-30(12-4)77-55(42(69)37(48)64)83-47-29(11-3)75-54(81-34)40(67)36(47)63/h21,26-59,61-73H,9-20,22-25H2,1-8H3. The minimum atomic E-state index is -2.02. The first-order valence-corrected chi connectivity index (χ1v) is 33.3. The third-order valence-corrected chi connectivity index (χ3v) is 19.4. The molecule has 88 heavy (non-hydrogen) atoms. The van der Waals surface area contributed by atoms with E-state index >= 15 is 0 Å². The Balaban J connectivity index is 1.18. The van der Waals surface area contributed by atoms with Gasteiger partial charge in [-0.05, 0) is 75.2 Å². The lowest BCUT2D eigenvalue weighted by Crippen LogP contribution is -2.67. The van der Waals surface area contributed by atoms with Gasteiger partial charge in [-0.3, -0.25) is 0 Å². The molecule has 0 aliphatic carbocycles. The van der Waals surface area contributed by atoms with Crippen LogP contribution >= 0.6 is 11.8 Å². The summed E-state index contributed by atoms with van der Waals surface area (Å²) in [4.78, 5) is 10.8. The molecule has 13 aliphatic heterocycles. The summed E-state index contributed by atoms with van der Waals surface area (Å²) in [5.74, 6) is 1.16. The molecule has 0 aromatic carbocycles. The Morgan fingerprint density at radius 3 is 1.09 bits per heavy atom. The van der Waals surface area contributed by atoms with E-state index in [1.54, 1.807) is 60.2 Å². The molecule has 13 fully saturated rings. The maximum Gasteiger partial charge on any atom is 0.187 e. The second-order valence-electron chi connectivity index (χ2n) is 24.3. The van der Waals surface area contributed by atoms with Gasteiger partial charge in [0.05, 0.1) is 42.7 Å². The van der Waals surface area contributed by atoms with Gasteiger partial charge in [-0.2, -0.15) is 11.8 Å². The van der Waals surface area contributed by atoms with Crippen LogP contribution in [-0.4, -0.2) is 294 Å². The molecular weight excluding hydrogens is 1190 g/mol. The number of unbranched alkanes of at least 4 members (excludes halogenated alkanes) is 3. The molecule has 34 atom stereocenters. The maximum atomic E-state index is 12.4. The molecule has 28 nitrogen and oxygen atoms in total. The highest BCUT2D eigenvalue weighted by Gasteiger charge is 2.58. The number of rotatable bonds is 19. The van der Waals surface area contributed by atoms with Crippen LogP contribution in [0, 0.1) is 5.92 Å². The van der Waals surface area contributed by atoms with Crippen LogP contribution in [0.25, 0.3) is 0 Å². The summed E-state index contributed by atoms with van der Waals surface area (Å²) in [7, 11) is 0. The predicted octanol–water partition coefficient (Wildman–Crippen LogP) is -1.14. The van der Waals surface area contributed by atoms with Crippen LogP contribution in [0.3, 0.4) is 0 Å². The van der Waals surface area contributed by atoms with Crippen molar-refractivity contribution in [2.45, 2.75) is 342 Å². The molecule has 13 aliphatic rings. The van der Waals surface area contributed by atoms with Crippen LogP contribution < -0.4 is 0 Å². The fraction of sp³-hybridized carbons (Fsp3) is 0.983. The van der Waals surface area contributed by atoms with Gasteiger partial charge in [-0.15, -0.1) is 0 Å². The normalized spacial score (nSPS) is 48.1. The number of carbonyl (C=O) groups excluding carboxylic acids is 1. The monoisotopic (exact) mass is 1290 g/mol. The molecule has 13 N–H and O–H groups in total. The SMILES string of the molecule is CCC(C)C1CC(O)C(O)OC2C(CC)OC(OC3C(CC)OC(OC4C(CC)OC(OC5C(CC)OC(OC6C(CC)OC(OC7C(CC)OC(O1)C(O)C7O)C(O)C6O)C(O)C5O)C(O)C4O)C(OCCCSCCCCCC=O)C3O)C(O)C2O. The van der Waals surface area contributed by atoms with Gasteiger partial charge in [-0.1, -0.05) is 68.2 Å². The smallest absolute Gasteiger partial charge is 0.187 e. The number of ether oxygens (including phenoxy) is 14. The third kappa shape index (κ3) is 17.5. The summed E-state index contributed by atoms with van der Waals surface area (Å²) in [6.07, 6.45) is -44.7. The summed E-state index contributed by atoms with van der Waals surface area (Å²) in [6.45, 7) is 14.0. The topological polar surface area (TPSA) is 409 Å². The van der Waals surface area contributed by atoms with Crippen LogP contribution in [0.15, 0.2) is 0 Å². The highest BCUT2D eigenvalue weighted by molar-refractivity contribution is 7.99. The largest absolute Gasteiger partial charge is 0.388 e. The molecule has 12 bridgehead atoms. The fourth-order valence-electron chi connectivity index (χ4n) is 12.6. The minimum absolute atomic E-state index is 0.0789. The van der Waals surface area contributed by atoms with Crippen LogP contribution in [-0.2, 0) is 71.1 Å². The van der Waals surface area contributed by atoms with Crippen LogP contribution in [0.2, 0.25) is 0 Å². The van der Waals surface area contributed by atoms with Gasteiger partial charge in [-0.25, -0.2) is 0 Å². The number of aldehydes is 1. The Bertz CT molecular complexity index is 2000. The lowest BCUT2D eigenvalue weighted by molar-refractivity contribution is -0.395. The van der Waals surface area contributed by atoms with E-state index in [0.29, 0.717) is 25.0 Å². The summed E-state index contributed by atoms with van der Waals surface area (Å²) in [6, 6.07) is 0. The second kappa shape index (κ2) is 35.1. The van der Waals surface area contributed by atoms with Crippen molar-refractivity contribution in [2.75, 3.05) is 18.1 Å². The zero-order valence-electron chi connectivity index (χ0n) is 51.9. The molecule has 0 aromatic heterocycles. The van der Waals surface area contributed by atoms with Crippen molar-refractivity contribution in [2.24, 2.45) is 5.92 Å². The number of hydrogen-bond donors (Lipinski definition) is 13. The van der Waals surface area contributed by atoms with E-state index in [9.17, 15) is 71.2 Å². The minimum Gasteiger partial charge on any atom is -0.388 e. The molecule has 0 spiro atoms. The Kier molecular flexibility index (Phi) is 29.6. The zero-order chi connectivity index (χ0) is 64.3. The van der Waals surface area contributed by atoms with Crippen LogP contribution in [0.4, 0.5) is 0 Å². The van der Waals surface area contributed by atoms with Crippen LogP contribution in [0.1, 0.15) is 139 Å². The number of fused-ring (bicyclic) bond motifs is 6. The second-order valence-corrected chi connectivity index (χ2v) is 25.5. The first kappa shape index (κ1) is 74.3. The lowest BCUT2D eigenvalue weighted by atomic mass is 9.93. The number of thioether (sulfide) groups is 1. The van der Waals surface area contributed by atoms with Gasteiger partial charge in [0.2, 0.25) is 0 Å². The quantitative estimate of drug-likeness (QED) is 0.0537. The zero-order valence-corrected chi connectivity index (χ0v) is 52.7. The molecule has 0 amide bonds. The summed E-state index contributed by atoms with van der Waals surface area (Å²) >= 11 is 1.69. The molecule has 0 radical (unpaired) electrons. The van der Waals surface area contributed by atoms with Crippen molar-refractivity contribution in [1.82, 2.24) is 0 Å². The molecule has 514 valence electrons. The highest BCUT2D eigenvalue weighted by atomic mass is 32.2. The molecule has 13 rings (SSSR count). The van der Waals surface area contributed by atoms with Crippen molar-refractivity contribution >= 4 is 18.0 Å². The summed E-state index contributed by atoms with van der Waals surface area (Å²) < 4.78 is 87.6. The average Bonchev–Trinajstić information content (AvgIpc) is 1.10. The van der Waals surface area contributed by atoms with E-state index in [0.717, 1.165) is 31.3 Å². The van der Waals surface area contributed by atoms with Gasteiger partial charge in [0.25, 0.3) is 0 Å². The van der Waals surface area contributed by atoms with Gasteiger partial charge in [0.15, 0.2) is 44.0 Å². The van der Waals surface area contributed by atoms with Crippen molar-refractivity contribution in [1.29, 1.82) is 0 Å². The highest BCUT2D eigenvalue weighted by Crippen LogP contribution is 2.40. The van der Waals surface area contributed by atoms with E-state index in [-0.39, 0.29) is 57.5 Å². The average molecular weight is 1290 g/mol.